The van der Waals surface area contributed by atoms with Crippen molar-refractivity contribution in [2.24, 2.45) is 0 Å². The fourth-order valence-corrected chi connectivity index (χ4v) is 2.47. The normalized spacial score (nSPS) is 10.1. The second-order valence-electron chi connectivity index (χ2n) is 4.11. The van der Waals surface area contributed by atoms with Crippen LogP contribution in [-0.4, -0.2) is 29.0 Å². The summed E-state index contributed by atoms with van der Waals surface area (Å²) in [7, 11) is 1.52. The summed E-state index contributed by atoms with van der Waals surface area (Å²) < 4.78 is 0. The van der Waals surface area contributed by atoms with Crippen molar-refractivity contribution in [2.75, 3.05) is 11.9 Å². The summed E-state index contributed by atoms with van der Waals surface area (Å²) in [5.74, 6) is -1.46. The van der Waals surface area contributed by atoms with E-state index in [1.54, 1.807) is 0 Å². The van der Waals surface area contributed by atoms with E-state index in [9.17, 15) is 19.7 Å². The average molecular weight is 306 g/mol. The first kappa shape index (κ1) is 14.7. The highest BCUT2D eigenvalue weighted by Crippen LogP contribution is 2.23. The number of nitrogens with zero attached hydrogens (tertiary/aromatic N) is 2. The predicted molar refractivity (Wildman–Crippen MR) is 77.1 cm³/mol. The number of nitro groups is 1. The van der Waals surface area contributed by atoms with E-state index < -0.39 is 10.9 Å². The number of carbonyl (C=O) groups excluding carboxylic acids is 1. The van der Waals surface area contributed by atoms with Gasteiger partial charge in [0, 0.05) is 24.9 Å². The number of anilines is 1. The number of hydrogen-bond acceptors (Lipinski definition) is 5. The number of hydrogen-bond donors (Lipinski definition) is 1. The number of benzene rings is 1. The fourth-order valence-electron chi connectivity index (χ4n) is 1.65. The molecule has 0 bridgehead atoms. The van der Waals surface area contributed by atoms with Crippen LogP contribution in [0.25, 0.3) is 0 Å². The van der Waals surface area contributed by atoms with Gasteiger partial charge >= 0.3 is 5.97 Å². The van der Waals surface area contributed by atoms with Crippen LogP contribution in [0, 0.1) is 10.1 Å². The second-order valence-corrected chi connectivity index (χ2v) is 5.19. The second kappa shape index (κ2) is 5.71. The molecule has 1 aromatic carbocycles. The lowest BCUT2D eigenvalue weighted by Crippen LogP contribution is -2.25. The van der Waals surface area contributed by atoms with E-state index in [0.717, 1.165) is 11.3 Å². The van der Waals surface area contributed by atoms with E-state index in [1.165, 1.54) is 48.3 Å². The number of thiophene rings is 1. The molecular formula is C13H10N2O5S. The maximum absolute atomic E-state index is 12.2. The zero-order valence-corrected chi connectivity index (χ0v) is 11.7. The minimum atomic E-state index is -1.09. The lowest BCUT2D eigenvalue weighted by Gasteiger charge is -2.16. The predicted octanol–water partition coefficient (Wildman–Crippen LogP) is 2.63. The zero-order valence-electron chi connectivity index (χ0n) is 10.8. The SMILES string of the molecule is CN(C(=O)c1ccc(C(=O)O)s1)c1ccc([N+](=O)[O-])cc1. The maximum Gasteiger partial charge on any atom is 0.345 e. The number of carboxylic acid groups (broad SMARTS) is 1. The van der Waals surface area contributed by atoms with Crippen molar-refractivity contribution in [3.05, 3.63) is 56.3 Å². The minimum absolute atomic E-state index is 0.0658. The highest BCUT2D eigenvalue weighted by Gasteiger charge is 2.18. The molecule has 21 heavy (non-hydrogen) atoms. The Kier molecular flexibility index (Phi) is 3.99. The van der Waals surface area contributed by atoms with Crippen molar-refractivity contribution in [3.8, 4) is 0 Å². The summed E-state index contributed by atoms with van der Waals surface area (Å²) >= 11 is 0.881. The Morgan fingerprint density at radius 1 is 1.14 bits per heavy atom. The van der Waals surface area contributed by atoms with Gasteiger partial charge in [0.15, 0.2) is 0 Å². The van der Waals surface area contributed by atoms with E-state index in [0.29, 0.717) is 5.69 Å². The lowest BCUT2D eigenvalue weighted by atomic mass is 10.2. The lowest BCUT2D eigenvalue weighted by molar-refractivity contribution is -0.384. The molecule has 0 aliphatic heterocycles. The zero-order chi connectivity index (χ0) is 15.6. The Bertz CT molecular complexity index is 708. The molecule has 1 amide bonds. The first-order valence-corrected chi connectivity index (χ1v) is 6.57. The van der Waals surface area contributed by atoms with Gasteiger partial charge in [0.25, 0.3) is 11.6 Å². The van der Waals surface area contributed by atoms with Crippen LogP contribution in [0.5, 0.6) is 0 Å². The van der Waals surface area contributed by atoms with Gasteiger partial charge in [0.2, 0.25) is 0 Å². The largest absolute Gasteiger partial charge is 0.477 e. The monoisotopic (exact) mass is 306 g/mol. The Morgan fingerprint density at radius 3 is 2.19 bits per heavy atom. The molecule has 0 atom stereocenters. The molecule has 0 aliphatic carbocycles. The Morgan fingerprint density at radius 2 is 1.71 bits per heavy atom. The number of nitro benzene ring substituents is 1. The third kappa shape index (κ3) is 3.06. The number of carbonyl (C=O) groups is 2. The van der Waals surface area contributed by atoms with Gasteiger partial charge in [-0.1, -0.05) is 0 Å². The van der Waals surface area contributed by atoms with E-state index >= 15 is 0 Å². The molecule has 8 heteroatoms. The first-order valence-electron chi connectivity index (χ1n) is 5.76. The van der Waals surface area contributed by atoms with E-state index in [2.05, 4.69) is 0 Å². The number of rotatable bonds is 4. The van der Waals surface area contributed by atoms with Crippen molar-refractivity contribution < 1.29 is 19.6 Å². The van der Waals surface area contributed by atoms with Crippen LogP contribution in [0.15, 0.2) is 36.4 Å². The number of aromatic carboxylic acids is 1. The number of amides is 1. The molecule has 0 saturated heterocycles. The van der Waals surface area contributed by atoms with Gasteiger partial charge in [-0.15, -0.1) is 11.3 Å². The smallest absolute Gasteiger partial charge is 0.345 e. The summed E-state index contributed by atoms with van der Waals surface area (Å²) in [4.78, 5) is 34.7. The summed E-state index contributed by atoms with van der Waals surface area (Å²) in [6.45, 7) is 0. The van der Waals surface area contributed by atoms with Gasteiger partial charge in [-0.05, 0) is 24.3 Å². The Labute approximate surface area is 123 Å². The van der Waals surface area contributed by atoms with Crippen LogP contribution in [0.2, 0.25) is 0 Å². The summed E-state index contributed by atoms with van der Waals surface area (Å²) in [5.41, 5.74) is 0.416. The van der Waals surface area contributed by atoms with Crippen LogP contribution >= 0.6 is 11.3 Å². The molecule has 1 N–H and O–H groups in total. The summed E-state index contributed by atoms with van der Waals surface area (Å²) in [6.07, 6.45) is 0. The van der Waals surface area contributed by atoms with Crippen molar-refractivity contribution in [2.45, 2.75) is 0 Å². The Balaban J connectivity index is 2.21. The molecule has 7 nitrogen and oxygen atoms in total. The molecule has 0 fully saturated rings. The van der Waals surface area contributed by atoms with Crippen molar-refractivity contribution in [1.29, 1.82) is 0 Å². The van der Waals surface area contributed by atoms with E-state index in [1.807, 2.05) is 0 Å². The third-order valence-corrected chi connectivity index (χ3v) is 3.84. The molecule has 2 aromatic rings. The van der Waals surface area contributed by atoms with Crippen molar-refractivity contribution in [3.63, 3.8) is 0 Å². The molecule has 1 aromatic heterocycles. The maximum atomic E-state index is 12.2. The third-order valence-electron chi connectivity index (χ3n) is 2.78. The molecule has 108 valence electrons. The highest BCUT2D eigenvalue weighted by molar-refractivity contribution is 7.16. The molecular weight excluding hydrogens is 296 g/mol. The standard InChI is InChI=1S/C13H10N2O5S/c1-14(8-2-4-9(5-3-8)15(19)20)12(16)10-6-7-11(21-10)13(17)18/h2-7H,1H3,(H,17,18). The average Bonchev–Trinajstić information content (AvgIpc) is 2.96. The minimum Gasteiger partial charge on any atom is -0.477 e. The quantitative estimate of drug-likeness (QED) is 0.691. The van der Waals surface area contributed by atoms with Crippen molar-refractivity contribution >= 4 is 34.6 Å². The molecule has 2 rings (SSSR count). The van der Waals surface area contributed by atoms with Gasteiger partial charge in [0.1, 0.15) is 4.88 Å². The number of carboxylic acids is 1. The molecule has 0 unspecified atom stereocenters. The van der Waals surface area contributed by atoms with E-state index in [4.69, 9.17) is 5.11 Å². The number of non-ortho nitro benzene ring substituents is 1. The molecule has 0 aliphatic rings. The van der Waals surface area contributed by atoms with Crippen LogP contribution in [0.3, 0.4) is 0 Å². The highest BCUT2D eigenvalue weighted by atomic mass is 32.1. The Hall–Kier alpha value is -2.74. The van der Waals surface area contributed by atoms with E-state index in [-0.39, 0.29) is 21.3 Å². The molecule has 0 spiro atoms. The topological polar surface area (TPSA) is 101 Å². The summed E-state index contributed by atoms with van der Waals surface area (Å²) in [5, 5.41) is 19.4. The van der Waals surface area contributed by atoms with Crippen LogP contribution in [-0.2, 0) is 0 Å². The van der Waals surface area contributed by atoms with Crippen LogP contribution in [0.1, 0.15) is 19.3 Å². The van der Waals surface area contributed by atoms with Gasteiger partial charge in [0.05, 0.1) is 9.80 Å². The van der Waals surface area contributed by atoms with Gasteiger partial charge < -0.3 is 10.0 Å². The van der Waals surface area contributed by atoms with Crippen LogP contribution in [0.4, 0.5) is 11.4 Å². The van der Waals surface area contributed by atoms with Gasteiger partial charge in [-0.2, -0.15) is 0 Å². The molecule has 0 radical (unpaired) electrons. The molecule has 0 saturated carbocycles. The summed E-state index contributed by atoms with van der Waals surface area (Å²) in [6, 6.07) is 8.33. The van der Waals surface area contributed by atoms with Gasteiger partial charge in [-0.3, -0.25) is 14.9 Å². The molecule has 1 heterocycles. The van der Waals surface area contributed by atoms with Gasteiger partial charge in [-0.25, -0.2) is 4.79 Å². The van der Waals surface area contributed by atoms with Crippen LogP contribution < -0.4 is 4.90 Å². The fraction of sp³-hybridized carbons (Fsp3) is 0.0769. The first-order chi connectivity index (χ1) is 9.90. The van der Waals surface area contributed by atoms with Crippen molar-refractivity contribution in [1.82, 2.24) is 0 Å².